The van der Waals surface area contributed by atoms with Crippen molar-refractivity contribution in [3.8, 4) is 5.75 Å². The normalized spacial score (nSPS) is 12.4. The molecule has 0 bridgehead atoms. The number of rotatable bonds is 6. The van der Waals surface area contributed by atoms with Gasteiger partial charge in [0, 0.05) is 9.75 Å². The molecule has 0 spiro atoms. The van der Waals surface area contributed by atoms with Crippen molar-refractivity contribution in [1.29, 1.82) is 0 Å². The molecule has 1 aromatic heterocycles. The topological polar surface area (TPSA) is 29.5 Å². The molecular weight excluding hydrogens is 336 g/mol. The minimum Gasteiger partial charge on any atom is -0.492 e. The van der Waals surface area contributed by atoms with Gasteiger partial charge in [0.15, 0.2) is 0 Å². The Hall–Kier alpha value is -0.840. The van der Waals surface area contributed by atoms with Gasteiger partial charge in [0.05, 0.1) is 11.1 Å². The van der Waals surface area contributed by atoms with E-state index in [1.165, 1.54) is 4.88 Å². The van der Waals surface area contributed by atoms with E-state index < -0.39 is 6.10 Å². The maximum Gasteiger partial charge on any atom is 0.133 e. The van der Waals surface area contributed by atoms with Crippen LogP contribution < -0.4 is 4.74 Å². The zero-order valence-electron chi connectivity index (χ0n) is 11.7. The molecule has 1 unspecified atom stereocenters. The summed E-state index contributed by atoms with van der Waals surface area (Å²) in [5.41, 5.74) is 0.880. The third kappa shape index (κ3) is 3.62. The average molecular weight is 355 g/mol. The molecule has 0 aliphatic rings. The van der Waals surface area contributed by atoms with Gasteiger partial charge in [-0.3, -0.25) is 0 Å². The van der Waals surface area contributed by atoms with Gasteiger partial charge >= 0.3 is 0 Å². The Kier molecular flexibility index (Phi) is 5.64. The second kappa shape index (κ2) is 7.25. The van der Waals surface area contributed by atoms with Crippen molar-refractivity contribution in [2.24, 2.45) is 0 Å². The van der Waals surface area contributed by atoms with Crippen LogP contribution >= 0.6 is 27.3 Å². The van der Waals surface area contributed by atoms with Gasteiger partial charge in [-0.2, -0.15) is 0 Å². The van der Waals surface area contributed by atoms with Gasteiger partial charge in [-0.25, -0.2) is 0 Å². The predicted molar refractivity (Wildman–Crippen MR) is 87.7 cm³/mol. The summed E-state index contributed by atoms with van der Waals surface area (Å²) in [5, 5.41) is 10.4. The summed E-state index contributed by atoms with van der Waals surface area (Å²) in [6, 6.07) is 9.85. The monoisotopic (exact) mass is 354 g/mol. The van der Waals surface area contributed by atoms with E-state index in [0.29, 0.717) is 6.61 Å². The molecule has 0 saturated heterocycles. The third-order valence-electron chi connectivity index (χ3n) is 3.03. The number of aliphatic hydroxyl groups excluding tert-OH is 1. The minimum absolute atomic E-state index is 0.572. The van der Waals surface area contributed by atoms with Crippen LogP contribution in [-0.2, 0) is 6.42 Å². The molecule has 2 aromatic rings. The number of aryl methyl sites for hydroxylation is 1. The van der Waals surface area contributed by atoms with E-state index in [2.05, 4.69) is 35.8 Å². The molecule has 0 radical (unpaired) electrons. The Morgan fingerprint density at radius 2 is 2.05 bits per heavy atom. The molecular formula is C16H19BrO2S. The van der Waals surface area contributed by atoms with Gasteiger partial charge in [0.2, 0.25) is 0 Å². The van der Waals surface area contributed by atoms with E-state index in [9.17, 15) is 5.11 Å². The number of hydrogen-bond donors (Lipinski definition) is 1. The average Bonchev–Trinajstić information content (AvgIpc) is 2.94. The SMILES string of the molecule is CCCOc1ccc(C(O)c2ccc(CC)s2)cc1Br. The van der Waals surface area contributed by atoms with E-state index in [-0.39, 0.29) is 0 Å². The van der Waals surface area contributed by atoms with Gasteiger partial charge in [-0.05, 0) is 58.6 Å². The highest BCUT2D eigenvalue weighted by molar-refractivity contribution is 9.10. The highest BCUT2D eigenvalue weighted by atomic mass is 79.9. The Balaban J connectivity index is 2.17. The standard InChI is InChI=1S/C16H19BrO2S/c1-3-9-19-14-7-5-11(10-13(14)17)16(18)15-8-6-12(4-2)20-15/h5-8,10,16,18H,3-4,9H2,1-2H3. The molecule has 108 valence electrons. The van der Waals surface area contributed by atoms with Crippen molar-refractivity contribution in [1.82, 2.24) is 0 Å². The maximum atomic E-state index is 10.4. The first-order chi connectivity index (χ1) is 9.65. The first-order valence-electron chi connectivity index (χ1n) is 6.84. The molecule has 20 heavy (non-hydrogen) atoms. The van der Waals surface area contributed by atoms with Crippen LogP contribution in [0, 0.1) is 0 Å². The fourth-order valence-electron chi connectivity index (χ4n) is 1.91. The van der Waals surface area contributed by atoms with Crippen molar-refractivity contribution < 1.29 is 9.84 Å². The molecule has 1 aromatic carbocycles. The van der Waals surface area contributed by atoms with Crippen molar-refractivity contribution in [2.75, 3.05) is 6.61 Å². The second-order valence-electron chi connectivity index (χ2n) is 4.60. The van der Waals surface area contributed by atoms with Crippen LogP contribution in [0.1, 0.15) is 41.7 Å². The molecule has 1 heterocycles. The van der Waals surface area contributed by atoms with Crippen molar-refractivity contribution in [3.05, 3.63) is 50.1 Å². The molecule has 1 atom stereocenters. The number of ether oxygens (including phenoxy) is 1. The number of halogens is 1. The number of aliphatic hydroxyl groups is 1. The van der Waals surface area contributed by atoms with Crippen LogP contribution in [0.4, 0.5) is 0 Å². The minimum atomic E-state index is -0.572. The van der Waals surface area contributed by atoms with E-state index in [4.69, 9.17) is 4.74 Å². The summed E-state index contributed by atoms with van der Waals surface area (Å²) in [7, 11) is 0. The van der Waals surface area contributed by atoms with E-state index in [1.54, 1.807) is 11.3 Å². The zero-order chi connectivity index (χ0) is 14.5. The fourth-order valence-corrected chi connectivity index (χ4v) is 3.39. The Morgan fingerprint density at radius 1 is 1.25 bits per heavy atom. The zero-order valence-corrected chi connectivity index (χ0v) is 14.1. The van der Waals surface area contributed by atoms with Crippen LogP contribution in [0.2, 0.25) is 0 Å². The lowest BCUT2D eigenvalue weighted by molar-refractivity contribution is 0.224. The summed E-state index contributed by atoms with van der Waals surface area (Å²) in [4.78, 5) is 2.27. The van der Waals surface area contributed by atoms with Gasteiger partial charge < -0.3 is 9.84 Å². The van der Waals surface area contributed by atoms with Crippen LogP contribution in [-0.4, -0.2) is 11.7 Å². The predicted octanol–water partition coefficient (Wildman–Crippen LogP) is 4.94. The molecule has 4 heteroatoms. The first kappa shape index (κ1) is 15.5. The van der Waals surface area contributed by atoms with Gasteiger partial charge in [0.1, 0.15) is 11.9 Å². The highest BCUT2D eigenvalue weighted by Gasteiger charge is 2.14. The van der Waals surface area contributed by atoms with Crippen LogP contribution in [0.3, 0.4) is 0 Å². The lowest BCUT2D eigenvalue weighted by Crippen LogP contribution is -1.99. The first-order valence-corrected chi connectivity index (χ1v) is 8.45. The lowest BCUT2D eigenvalue weighted by Gasteiger charge is -2.12. The Bertz CT molecular complexity index is 565. The third-order valence-corrected chi connectivity index (χ3v) is 4.94. The van der Waals surface area contributed by atoms with E-state index in [0.717, 1.165) is 33.5 Å². The second-order valence-corrected chi connectivity index (χ2v) is 6.65. The molecule has 1 N–H and O–H groups in total. The molecule has 0 amide bonds. The van der Waals surface area contributed by atoms with Crippen molar-refractivity contribution in [3.63, 3.8) is 0 Å². The summed E-state index contributed by atoms with van der Waals surface area (Å²) in [6.45, 7) is 4.90. The van der Waals surface area contributed by atoms with Crippen LogP contribution in [0.5, 0.6) is 5.75 Å². The molecule has 2 nitrogen and oxygen atoms in total. The summed E-state index contributed by atoms with van der Waals surface area (Å²) < 4.78 is 6.51. The summed E-state index contributed by atoms with van der Waals surface area (Å²) >= 11 is 5.17. The molecule has 0 saturated carbocycles. The Labute approximate surface area is 132 Å². The molecule has 0 aliphatic heterocycles. The number of thiophene rings is 1. The van der Waals surface area contributed by atoms with Crippen LogP contribution in [0.25, 0.3) is 0 Å². The quantitative estimate of drug-likeness (QED) is 0.795. The van der Waals surface area contributed by atoms with Gasteiger partial charge in [-0.1, -0.05) is 19.9 Å². The van der Waals surface area contributed by atoms with Gasteiger partial charge in [0.25, 0.3) is 0 Å². The molecule has 0 aliphatic carbocycles. The summed E-state index contributed by atoms with van der Waals surface area (Å²) in [6.07, 6.45) is 1.41. The highest BCUT2D eigenvalue weighted by Crippen LogP contribution is 2.33. The molecule has 2 rings (SSSR count). The maximum absolute atomic E-state index is 10.4. The number of hydrogen-bond acceptors (Lipinski definition) is 3. The Morgan fingerprint density at radius 3 is 2.65 bits per heavy atom. The number of benzene rings is 1. The van der Waals surface area contributed by atoms with E-state index >= 15 is 0 Å². The van der Waals surface area contributed by atoms with Crippen molar-refractivity contribution in [2.45, 2.75) is 32.8 Å². The lowest BCUT2D eigenvalue weighted by atomic mass is 10.1. The molecule has 0 fully saturated rings. The van der Waals surface area contributed by atoms with E-state index in [1.807, 2.05) is 24.3 Å². The largest absolute Gasteiger partial charge is 0.492 e. The van der Waals surface area contributed by atoms with Gasteiger partial charge in [-0.15, -0.1) is 11.3 Å². The fraction of sp³-hybridized carbons (Fsp3) is 0.375. The summed E-state index contributed by atoms with van der Waals surface area (Å²) in [5.74, 6) is 0.822. The van der Waals surface area contributed by atoms with Crippen molar-refractivity contribution >= 4 is 27.3 Å². The van der Waals surface area contributed by atoms with Crippen LogP contribution in [0.15, 0.2) is 34.8 Å². The smallest absolute Gasteiger partial charge is 0.133 e.